The Labute approximate surface area is 139 Å². The van der Waals surface area contributed by atoms with Crippen LogP contribution in [0.1, 0.15) is 5.56 Å². The maximum Gasteiger partial charge on any atom is 0.186 e. The van der Waals surface area contributed by atoms with Gasteiger partial charge in [0.05, 0.1) is 11.8 Å². The number of anilines is 1. The Balaban J connectivity index is 1.87. The molecule has 2 atom stereocenters. The Kier molecular flexibility index (Phi) is 4.48. The first-order chi connectivity index (χ1) is 11.5. The van der Waals surface area contributed by atoms with Gasteiger partial charge in [0.1, 0.15) is 24.1 Å². The van der Waals surface area contributed by atoms with Crippen LogP contribution in [0.25, 0.3) is 0 Å². The molecule has 1 aliphatic heterocycles. The molecule has 2 unspecified atom stereocenters. The first-order valence-corrected chi connectivity index (χ1v) is 7.61. The number of aromatic hydroxyl groups is 1. The third-order valence-corrected chi connectivity index (χ3v) is 4.10. The second kappa shape index (κ2) is 6.56. The van der Waals surface area contributed by atoms with Gasteiger partial charge in [-0.1, -0.05) is 24.3 Å². The Bertz CT molecular complexity index is 741. The molecule has 0 radical (unpaired) electrons. The number of nitrogens with zero attached hydrogens (tertiary/aromatic N) is 3. The van der Waals surface area contributed by atoms with Gasteiger partial charge in [-0.05, 0) is 23.8 Å². The van der Waals surface area contributed by atoms with E-state index >= 15 is 0 Å². The molecular weight excluding hydrogens is 310 g/mol. The zero-order chi connectivity index (χ0) is 17.3. The van der Waals surface area contributed by atoms with Gasteiger partial charge in [-0.25, -0.2) is 0 Å². The lowest BCUT2D eigenvalue weighted by atomic mass is 10.0. The largest absolute Gasteiger partial charge is 0.506 e. The molecule has 0 bridgehead atoms. The van der Waals surface area contributed by atoms with E-state index in [0.717, 1.165) is 5.71 Å². The van der Waals surface area contributed by atoms with Gasteiger partial charge in [0.2, 0.25) is 0 Å². The number of carbonyl (C=O) groups excluding carboxylic acids is 1. The standard InChI is InChI=1S/C17H19N3O4/c1-19-13-5-3-2-4-12(13)18-20(19)14-8-11(6-7-15(14)22)9-16(23)17(24)10-21/h2-8,13,16,21-23H,9-10H2,1H3. The van der Waals surface area contributed by atoms with Gasteiger partial charge in [0, 0.05) is 13.5 Å². The number of carbonyl (C=O) groups is 1. The first kappa shape index (κ1) is 16.4. The molecule has 0 saturated carbocycles. The summed E-state index contributed by atoms with van der Waals surface area (Å²) in [5, 5.41) is 36.8. The van der Waals surface area contributed by atoms with Crippen LogP contribution in [-0.4, -0.2) is 57.6 Å². The third kappa shape index (κ3) is 2.96. The van der Waals surface area contributed by atoms with Crippen LogP contribution in [0.3, 0.4) is 0 Å². The highest BCUT2D eigenvalue weighted by atomic mass is 16.3. The Hall–Kier alpha value is -2.48. The highest BCUT2D eigenvalue weighted by Gasteiger charge is 2.32. The number of hydrogen-bond donors (Lipinski definition) is 3. The molecule has 1 aromatic carbocycles. The summed E-state index contributed by atoms with van der Waals surface area (Å²) < 4.78 is 0. The summed E-state index contributed by atoms with van der Waals surface area (Å²) in [6.45, 7) is -0.699. The number of ketones is 1. The van der Waals surface area contributed by atoms with Crippen LogP contribution in [0.5, 0.6) is 5.75 Å². The lowest BCUT2D eigenvalue weighted by Gasteiger charge is -2.27. The molecule has 0 spiro atoms. The molecule has 7 nitrogen and oxygen atoms in total. The number of likely N-dealkylation sites (N-methyl/N-ethyl adjacent to an activating group) is 1. The number of fused-ring (bicyclic) bond motifs is 1. The van der Waals surface area contributed by atoms with E-state index in [-0.39, 0.29) is 18.2 Å². The van der Waals surface area contributed by atoms with Gasteiger partial charge < -0.3 is 15.3 Å². The number of aliphatic hydroxyl groups is 2. The lowest BCUT2D eigenvalue weighted by Crippen LogP contribution is -2.39. The number of allylic oxidation sites excluding steroid dienone is 2. The summed E-state index contributed by atoms with van der Waals surface area (Å²) in [6, 6.07) is 4.80. The second-order valence-electron chi connectivity index (χ2n) is 5.74. The zero-order valence-corrected chi connectivity index (χ0v) is 13.2. The predicted molar refractivity (Wildman–Crippen MR) is 89.7 cm³/mol. The van der Waals surface area contributed by atoms with Gasteiger partial charge in [0.25, 0.3) is 0 Å². The summed E-state index contributed by atoms with van der Waals surface area (Å²) >= 11 is 0. The topological polar surface area (TPSA) is 96.6 Å². The van der Waals surface area contributed by atoms with Gasteiger partial charge in [0.15, 0.2) is 5.78 Å². The van der Waals surface area contributed by atoms with E-state index in [1.807, 2.05) is 36.4 Å². The number of hydrogen-bond acceptors (Lipinski definition) is 7. The molecular formula is C17H19N3O4. The molecule has 1 aromatic rings. The normalized spacial score (nSPS) is 20.9. The van der Waals surface area contributed by atoms with Crippen LogP contribution in [0.4, 0.5) is 5.69 Å². The Morgan fingerprint density at radius 3 is 2.88 bits per heavy atom. The van der Waals surface area contributed by atoms with Gasteiger partial charge in [-0.2, -0.15) is 15.2 Å². The van der Waals surface area contributed by atoms with Gasteiger partial charge in [-0.3, -0.25) is 4.79 Å². The minimum absolute atomic E-state index is 0.000358. The maximum atomic E-state index is 11.3. The van der Waals surface area contributed by atoms with Crippen LogP contribution in [-0.2, 0) is 11.2 Å². The fraction of sp³-hybridized carbons (Fsp3) is 0.294. The lowest BCUT2D eigenvalue weighted by molar-refractivity contribution is -0.129. The average molecular weight is 329 g/mol. The summed E-state index contributed by atoms with van der Waals surface area (Å²) in [5.41, 5.74) is 1.98. The fourth-order valence-corrected chi connectivity index (χ4v) is 2.75. The molecule has 24 heavy (non-hydrogen) atoms. The average Bonchev–Trinajstić information content (AvgIpc) is 2.93. The minimum atomic E-state index is -1.27. The van der Waals surface area contributed by atoms with E-state index in [1.165, 1.54) is 6.07 Å². The number of aliphatic hydroxyl groups excluding tert-OH is 2. The highest BCUT2D eigenvalue weighted by Crippen LogP contribution is 2.33. The van der Waals surface area contributed by atoms with Crippen molar-refractivity contribution >= 4 is 17.2 Å². The number of benzene rings is 1. The highest BCUT2D eigenvalue weighted by molar-refractivity contribution is 6.03. The number of phenolic OH excluding ortho intramolecular Hbond substituents is 1. The van der Waals surface area contributed by atoms with Crippen LogP contribution in [0, 0.1) is 0 Å². The fourth-order valence-electron chi connectivity index (χ4n) is 2.75. The molecule has 1 heterocycles. The van der Waals surface area contributed by atoms with E-state index in [1.54, 1.807) is 17.3 Å². The van der Waals surface area contributed by atoms with Crippen LogP contribution < -0.4 is 5.12 Å². The molecule has 3 N–H and O–H groups in total. The summed E-state index contributed by atoms with van der Waals surface area (Å²) in [7, 11) is 1.86. The molecule has 3 rings (SSSR count). The molecule has 0 fully saturated rings. The van der Waals surface area contributed by atoms with Crippen molar-refractivity contribution in [3.8, 4) is 5.75 Å². The number of rotatable bonds is 5. The van der Waals surface area contributed by atoms with Crippen molar-refractivity contribution in [2.24, 2.45) is 5.10 Å². The Morgan fingerprint density at radius 1 is 1.38 bits per heavy atom. The van der Waals surface area contributed by atoms with Gasteiger partial charge in [-0.15, -0.1) is 0 Å². The van der Waals surface area contributed by atoms with Crippen LogP contribution in [0.15, 0.2) is 47.6 Å². The molecule has 0 aromatic heterocycles. The van der Waals surface area contributed by atoms with E-state index < -0.39 is 18.5 Å². The summed E-state index contributed by atoms with van der Waals surface area (Å²) in [6.07, 6.45) is 6.54. The number of phenols is 1. The third-order valence-electron chi connectivity index (χ3n) is 4.10. The predicted octanol–water partition coefficient (Wildman–Crippen LogP) is 0.374. The van der Waals surface area contributed by atoms with Crippen molar-refractivity contribution in [1.29, 1.82) is 0 Å². The quantitative estimate of drug-likeness (QED) is 0.722. The number of hydrazone groups is 1. The van der Waals surface area contributed by atoms with Crippen LogP contribution >= 0.6 is 0 Å². The van der Waals surface area contributed by atoms with E-state index in [9.17, 15) is 15.0 Å². The summed E-state index contributed by atoms with van der Waals surface area (Å²) in [4.78, 5) is 11.3. The SMILES string of the molecule is CN1C2C=CC=CC2=NN1c1cc(CC(O)C(=O)CO)ccc1O. The minimum Gasteiger partial charge on any atom is -0.506 e. The van der Waals surface area contributed by atoms with E-state index in [0.29, 0.717) is 11.3 Å². The van der Waals surface area contributed by atoms with Crippen molar-refractivity contribution in [2.75, 3.05) is 18.8 Å². The van der Waals surface area contributed by atoms with Crippen molar-refractivity contribution in [1.82, 2.24) is 5.01 Å². The molecule has 7 heteroatoms. The first-order valence-electron chi connectivity index (χ1n) is 7.61. The van der Waals surface area contributed by atoms with Crippen molar-refractivity contribution in [3.05, 3.63) is 48.1 Å². The van der Waals surface area contributed by atoms with Gasteiger partial charge >= 0.3 is 0 Å². The molecule has 0 amide bonds. The summed E-state index contributed by atoms with van der Waals surface area (Å²) in [5.74, 6) is -0.589. The smallest absolute Gasteiger partial charge is 0.186 e. The molecule has 1 aliphatic carbocycles. The Morgan fingerprint density at radius 2 is 2.17 bits per heavy atom. The van der Waals surface area contributed by atoms with Crippen molar-refractivity contribution in [3.63, 3.8) is 0 Å². The molecule has 2 aliphatic rings. The number of Topliss-reactive ketones (excluding diaryl/α,β-unsaturated/α-hetero) is 1. The number of hydrazine groups is 1. The zero-order valence-electron chi connectivity index (χ0n) is 13.2. The monoisotopic (exact) mass is 329 g/mol. The van der Waals surface area contributed by atoms with Crippen molar-refractivity contribution < 1.29 is 20.1 Å². The molecule has 0 saturated heterocycles. The van der Waals surface area contributed by atoms with Crippen molar-refractivity contribution in [2.45, 2.75) is 18.6 Å². The second-order valence-corrected chi connectivity index (χ2v) is 5.74. The van der Waals surface area contributed by atoms with E-state index in [4.69, 9.17) is 5.11 Å². The maximum absolute atomic E-state index is 11.3. The van der Waals surface area contributed by atoms with Crippen LogP contribution in [0.2, 0.25) is 0 Å². The van der Waals surface area contributed by atoms with E-state index in [2.05, 4.69) is 5.10 Å². The molecule has 126 valence electrons.